The summed E-state index contributed by atoms with van der Waals surface area (Å²) in [6.07, 6.45) is 6.15. The van der Waals surface area contributed by atoms with Gasteiger partial charge in [0.25, 0.3) is 10.1 Å². The number of fused-ring (bicyclic) bond motifs is 1. The Morgan fingerprint density at radius 1 is 0.833 bits per heavy atom. The molecule has 7 aliphatic carbocycles. The zero-order valence-electron chi connectivity index (χ0n) is 28.1. The number of esters is 2. The van der Waals surface area contributed by atoms with Crippen molar-refractivity contribution in [2.75, 3.05) is 6.61 Å². The summed E-state index contributed by atoms with van der Waals surface area (Å²) in [7, 11) is -4.50. The van der Waals surface area contributed by atoms with Gasteiger partial charge in [-0.2, -0.15) is 8.42 Å². The van der Waals surface area contributed by atoms with Gasteiger partial charge in [0.05, 0.1) is 10.8 Å². The fraction of sp³-hybridized carbons (Fsp3) is 0.500. The van der Waals surface area contributed by atoms with Gasteiger partial charge in [-0.25, -0.2) is 4.79 Å². The Kier molecular flexibility index (Phi) is 7.28. The number of carbonyl (C=O) groups excluding carboxylic acids is 2. The van der Waals surface area contributed by atoms with Crippen LogP contribution in [0.15, 0.2) is 65.6 Å². The molecule has 48 heavy (non-hydrogen) atoms. The topological polar surface area (TPSA) is 107 Å². The Balaban J connectivity index is 1.07. The van der Waals surface area contributed by atoms with Gasteiger partial charge in [-0.1, -0.05) is 69.3 Å². The molecule has 4 fully saturated rings. The number of rotatable bonds is 6. The van der Waals surface area contributed by atoms with E-state index in [-0.39, 0.29) is 39.2 Å². The largest absolute Gasteiger partial charge is 0.453 e. The molecule has 0 radical (unpaired) electrons. The summed E-state index contributed by atoms with van der Waals surface area (Å²) < 4.78 is 47.3. The van der Waals surface area contributed by atoms with Crippen LogP contribution in [0.25, 0.3) is 0 Å². The average Bonchev–Trinajstić information content (AvgIpc) is 3.02. The second kappa shape index (κ2) is 11.0. The highest BCUT2D eigenvalue weighted by atomic mass is 32.2. The van der Waals surface area contributed by atoms with E-state index in [1.54, 1.807) is 13.0 Å². The van der Waals surface area contributed by atoms with E-state index < -0.39 is 34.6 Å². The Morgan fingerprint density at radius 3 is 1.81 bits per heavy atom. The Hall–Kier alpha value is -3.49. The van der Waals surface area contributed by atoms with Crippen LogP contribution in [-0.4, -0.2) is 31.5 Å². The van der Waals surface area contributed by atoms with Gasteiger partial charge >= 0.3 is 11.9 Å². The van der Waals surface area contributed by atoms with E-state index in [1.807, 2.05) is 12.1 Å². The van der Waals surface area contributed by atoms with Crippen molar-refractivity contribution < 1.29 is 32.0 Å². The number of benzene rings is 3. The van der Waals surface area contributed by atoms with Crippen molar-refractivity contribution in [1.29, 1.82) is 0 Å². The van der Waals surface area contributed by atoms with E-state index in [0.29, 0.717) is 28.9 Å². The first-order valence-corrected chi connectivity index (χ1v) is 18.8. The highest BCUT2D eigenvalue weighted by molar-refractivity contribution is 7.85. The first kappa shape index (κ1) is 31.8. The summed E-state index contributed by atoms with van der Waals surface area (Å²) >= 11 is 0. The van der Waals surface area contributed by atoms with Gasteiger partial charge in [-0.15, -0.1) is 0 Å². The van der Waals surface area contributed by atoms with Crippen molar-refractivity contribution >= 4 is 22.1 Å². The van der Waals surface area contributed by atoms with E-state index in [1.165, 1.54) is 36.5 Å². The lowest BCUT2D eigenvalue weighted by Crippen LogP contribution is -2.49. The molecule has 10 rings (SSSR count). The quantitative estimate of drug-likeness (QED) is 0.163. The van der Waals surface area contributed by atoms with Crippen LogP contribution in [0.3, 0.4) is 0 Å². The monoisotopic (exact) mass is 668 g/mol. The first-order chi connectivity index (χ1) is 22.7. The lowest BCUT2D eigenvalue weighted by atomic mass is 9.48. The molecule has 3 aromatic rings. The third kappa shape index (κ3) is 5.04. The van der Waals surface area contributed by atoms with E-state index in [4.69, 9.17) is 9.47 Å². The zero-order valence-corrected chi connectivity index (χ0v) is 28.9. The molecule has 3 aromatic carbocycles. The number of ether oxygens (including phenoxy) is 2. The molecule has 2 unspecified atom stereocenters. The molecule has 0 heterocycles. The minimum Gasteiger partial charge on any atom is -0.453 e. The highest BCUT2D eigenvalue weighted by Crippen LogP contribution is 2.63. The van der Waals surface area contributed by atoms with E-state index in [2.05, 4.69) is 57.2 Å². The van der Waals surface area contributed by atoms with E-state index >= 15 is 0 Å². The maximum atomic E-state index is 14.1. The summed E-state index contributed by atoms with van der Waals surface area (Å²) in [5.74, 6) is 0.0397. The predicted octanol–water partition coefficient (Wildman–Crippen LogP) is 7.73. The molecule has 6 bridgehead atoms. The van der Waals surface area contributed by atoms with Crippen LogP contribution in [0.1, 0.15) is 105 Å². The van der Waals surface area contributed by atoms with Gasteiger partial charge in [0.2, 0.25) is 0 Å². The van der Waals surface area contributed by atoms with Crippen molar-refractivity contribution in [3.8, 4) is 5.75 Å². The summed E-state index contributed by atoms with van der Waals surface area (Å²) in [5.41, 5.74) is 5.16. The Morgan fingerprint density at radius 2 is 1.33 bits per heavy atom. The average molecular weight is 669 g/mol. The standard InChI is InChI=1S/C40H44O7S/c1-22-13-32(48(43,44)45)30(40-18-23-14-24(19-40)16-25(15-23)20-40)17-31(22)47-33(41)21-46-38(42)36-34-26-9-5-7-11-28(26)35(37(36)39(2,3)4)29-12-8-6-10-27(29)34/h5-13,17,23-25,34-37H,14-16,18-21H2,1-4H3,(H,43,44,45). The van der Waals surface area contributed by atoms with Gasteiger partial charge in [0, 0.05) is 11.8 Å². The molecule has 252 valence electrons. The molecular formula is C40H44O7S. The molecule has 0 amide bonds. The summed E-state index contributed by atoms with van der Waals surface area (Å²) in [5, 5.41) is 0. The molecule has 7 aliphatic rings. The number of carbonyl (C=O) groups is 2. The zero-order chi connectivity index (χ0) is 33.7. The van der Waals surface area contributed by atoms with Crippen LogP contribution in [0.2, 0.25) is 0 Å². The molecule has 8 heteroatoms. The van der Waals surface area contributed by atoms with Gasteiger partial charge in [0.1, 0.15) is 5.75 Å². The van der Waals surface area contributed by atoms with Crippen LogP contribution in [-0.2, 0) is 29.9 Å². The second-order valence-electron chi connectivity index (χ2n) is 16.5. The third-order valence-electron chi connectivity index (χ3n) is 12.4. The van der Waals surface area contributed by atoms with Gasteiger partial charge in [0.15, 0.2) is 6.61 Å². The van der Waals surface area contributed by atoms with E-state index in [9.17, 15) is 22.6 Å². The summed E-state index contributed by atoms with van der Waals surface area (Å²) in [6, 6.07) is 19.8. The number of aryl methyl sites for hydroxylation is 1. The molecule has 4 saturated carbocycles. The van der Waals surface area contributed by atoms with Gasteiger partial charge < -0.3 is 9.47 Å². The molecule has 0 saturated heterocycles. The molecule has 1 N–H and O–H groups in total. The Bertz CT molecular complexity index is 1850. The summed E-state index contributed by atoms with van der Waals surface area (Å²) in [6.45, 7) is 7.60. The number of hydrogen-bond acceptors (Lipinski definition) is 6. The fourth-order valence-corrected chi connectivity index (χ4v) is 12.1. The van der Waals surface area contributed by atoms with Crippen molar-refractivity contribution in [2.24, 2.45) is 35.0 Å². The molecule has 7 nitrogen and oxygen atoms in total. The second-order valence-corrected chi connectivity index (χ2v) is 17.9. The maximum absolute atomic E-state index is 14.1. The minimum absolute atomic E-state index is 0.0267. The molecule has 0 spiro atoms. The predicted molar refractivity (Wildman–Crippen MR) is 180 cm³/mol. The first-order valence-electron chi connectivity index (χ1n) is 17.4. The maximum Gasteiger partial charge on any atom is 0.349 e. The van der Waals surface area contributed by atoms with Crippen molar-refractivity contribution in [1.82, 2.24) is 0 Å². The molecule has 2 atom stereocenters. The minimum atomic E-state index is -4.50. The lowest BCUT2D eigenvalue weighted by Gasteiger charge is -2.57. The SMILES string of the molecule is Cc1cc(S(=O)(=O)O)c(C23CC4CC(CC(C4)C2)C3)cc1OC(=O)COC(=O)C1C2c3ccccc3C(c3ccccc32)C1C(C)(C)C. The summed E-state index contributed by atoms with van der Waals surface area (Å²) in [4.78, 5) is 27.4. The van der Waals surface area contributed by atoms with Crippen LogP contribution < -0.4 is 4.74 Å². The van der Waals surface area contributed by atoms with Crippen LogP contribution >= 0.6 is 0 Å². The van der Waals surface area contributed by atoms with Gasteiger partial charge in [-0.05, 0) is 125 Å². The van der Waals surface area contributed by atoms with Gasteiger partial charge in [-0.3, -0.25) is 9.35 Å². The van der Waals surface area contributed by atoms with Crippen molar-refractivity contribution in [2.45, 2.75) is 88.4 Å². The smallest absolute Gasteiger partial charge is 0.349 e. The molecular weight excluding hydrogens is 625 g/mol. The van der Waals surface area contributed by atoms with E-state index in [0.717, 1.165) is 30.4 Å². The number of hydrogen-bond donors (Lipinski definition) is 1. The lowest BCUT2D eigenvalue weighted by molar-refractivity contribution is -0.161. The molecule has 0 aromatic heterocycles. The third-order valence-corrected chi connectivity index (χ3v) is 13.3. The van der Waals surface area contributed by atoms with Crippen LogP contribution in [0, 0.1) is 41.9 Å². The van der Waals surface area contributed by atoms with Crippen molar-refractivity contribution in [3.63, 3.8) is 0 Å². The molecule has 0 aliphatic heterocycles. The van der Waals surface area contributed by atoms with Crippen LogP contribution in [0.5, 0.6) is 5.75 Å². The van der Waals surface area contributed by atoms with Crippen molar-refractivity contribution in [3.05, 3.63) is 94.0 Å². The fourth-order valence-electron chi connectivity index (χ4n) is 11.2. The Labute approximate surface area is 283 Å². The highest BCUT2D eigenvalue weighted by Gasteiger charge is 2.57. The normalized spacial score (nSPS) is 31.2. The van der Waals surface area contributed by atoms with Crippen LogP contribution in [0.4, 0.5) is 0 Å².